The molecule has 1 unspecified atom stereocenters. The second-order valence-corrected chi connectivity index (χ2v) is 6.05. The number of nitrogens with zero attached hydrogens (tertiary/aromatic N) is 2. The van der Waals surface area contributed by atoms with E-state index in [2.05, 4.69) is 4.90 Å². The lowest BCUT2D eigenvalue weighted by Gasteiger charge is -2.37. The highest BCUT2D eigenvalue weighted by Crippen LogP contribution is 2.11. The zero-order valence-corrected chi connectivity index (χ0v) is 12.7. The molecule has 104 valence electrons. The third-order valence-corrected chi connectivity index (χ3v) is 4.64. The average Bonchev–Trinajstić information content (AvgIpc) is 2.90. The first-order valence-electron chi connectivity index (χ1n) is 6.40. The van der Waals surface area contributed by atoms with E-state index in [1.54, 1.807) is 11.3 Å². The Bertz CT molecular complexity index is 439. The van der Waals surface area contributed by atoms with Crippen molar-refractivity contribution in [1.29, 1.82) is 0 Å². The SMILES string of the molecule is CC(C(N)=S)N1CCN(C(=O)Cc2ccsc2)CC1. The standard InChI is InChI=1S/C13H19N3OS2/c1-10(13(14)18)15-3-5-16(6-4-15)12(17)8-11-2-7-19-9-11/h2,7,9-10H,3-6,8H2,1H3,(H2,14,18). The molecule has 1 amide bonds. The van der Waals surface area contributed by atoms with Gasteiger partial charge in [0.2, 0.25) is 5.91 Å². The summed E-state index contributed by atoms with van der Waals surface area (Å²) in [5.41, 5.74) is 6.77. The Morgan fingerprint density at radius 1 is 1.47 bits per heavy atom. The van der Waals surface area contributed by atoms with Gasteiger partial charge in [0.1, 0.15) is 0 Å². The Labute approximate surface area is 123 Å². The van der Waals surface area contributed by atoms with Gasteiger partial charge in [0, 0.05) is 26.2 Å². The van der Waals surface area contributed by atoms with Gasteiger partial charge in [-0.2, -0.15) is 11.3 Å². The maximum Gasteiger partial charge on any atom is 0.227 e. The highest BCUT2D eigenvalue weighted by atomic mass is 32.1. The van der Waals surface area contributed by atoms with Gasteiger partial charge < -0.3 is 10.6 Å². The van der Waals surface area contributed by atoms with Gasteiger partial charge in [0.05, 0.1) is 17.5 Å². The van der Waals surface area contributed by atoms with Crippen LogP contribution in [-0.4, -0.2) is 52.9 Å². The van der Waals surface area contributed by atoms with E-state index in [0.717, 1.165) is 31.7 Å². The summed E-state index contributed by atoms with van der Waals surface area (Å²) in [5, 5.41) is 4.04. The van der Waals surface area contributed by atoms with E-state index < -0.39 is 0 Å². The van der Waals surface area contributed by atoms with Gasteiger partial charge in [0.15, 0.2) is 0 Å². The van der Waals surface area contributed by atoms with Gasteiger partial charge in [-0.1, -0.05) is 12.2 Å². The Morgan fingerprint density at radius 3 is 2.68 bits per heavy atom. The lowest BCUT2D eigenvalue weighted by molar-refractivity contribution is -0.132. The van der Waals surface area contributed by atoms with Crippen molar-refractivity contribution in [1.82, 2.24) is 9.80 Å². The summed E-state index contributed by atoms with van der Waals surface area (Å²) in [6.45, 7) is 5.22. The molecule has 2 heterocycles. The summed E-state index contributed by atoms with van der Waals surface area (Å²) in [6.07, 6.45) is 0.508. The summed E-state index contributed by atoms with van der Waals surface area (Å²) in [4.78, 5) is 16.8. The monoisotopic (exact) mass is 297 g/mol. The van der Waals surface area contributed by atoms with Crippen LogP contribution in [0.5, 0.6) is 0 Å². The van der Waals surface area contributed by atoms with E-state index in [1.165, 1.54) is 0 Å². The molecule has 0 aromatic carbocycles. The average molecular weight is 297 g/mol. The molecule has 0 saturated carbocycles. The molecule has 1 saturated heterocycles. The molecule has 0 aliphatic carbocycles. The van der Waals surface area contributed by atoms with E-state index in [1.807, 2.05) is 28.7 Å². The molecule has 19 heavy (non-hydrogen) atoms. The van der Waals surface area contributed by atoms with Crippen molar-refractivity contribution < 1.29 is 4.79 Å². The van der Waals surface area contributed by atoms with Crippen molar-refractivity contribution in [2.75, 3.05) is 26.2 Å². The smallest absolute Gasteiger partial charge is 0.227 e. The topological polar surface area (TPSA) is 49.6 Å². The van der Waals surface area contributed by atoms with Crippen LogP contribution in [-0.2, 0) is 11.2 Å². The molecule has 1 aromatic rings. The van der Waals surface area contributed by atoms with Crippen molar-refractivity contribution in [3.05, 3.63) is 22.4 Å². The van der Waals surface area contributed by atoms with Gasteiger partial charge >= 0.3 is 0 Å². The Hall–Kier alpha value is -0.980. The maximum atomic E-state index is 12.1. The Morgan fingerprint density at radius 2 is 2.16 bits per heavy atom. The zero-order chi connectivity index (χ0) is 13.8. The lowest BCUT2D eigenvalue weighted by atomic mass is 10.2. The third kappa shape index (κ3) is 3.75. The second-order valence-electron chi connectivity index (χ2n) is 4.80. The van der Waals surface area contributed by atoms with Crippen LogP contribution in [0.4, 0.5) is 0 Å². The molecule has 4 nitrogen and oxygen atoms in total. The van der Waals surface area contributed by atoms with Crippen LogP contribution in [0, 0.1) is 0 Å². The normalized spacial score (nSPS) is 18.3. The molecule has 1 aliphatic rings. The van der Waals surface area contributed by atoms with Crippen LogP contribution < -0.4 is 5.73 Å². The van der Waals surface area contributed by atoms with Crippen LogP contribution in [0.15, 0.2) is 16.8 Å². The first-order chi connectivity index (χ1) is 9.08. The number of hydrogen-bond donors (Lipinski definition) is 1. The molecule has 1 atom stereocenters. The van der Waals surface area contributed by atoms with Crippen LogP contribution >= 0.6 is 23.6 Å². The van der Waals surface area contributed by atoms with Crippen molar-refractivity contribution in [2.24, 2.45) is 5.73 Å². The van der Waals surface area contributed by atoms with Crippen molar-refractivity contribution in [2.45, 2.75) is 19.4 Å². The summed E-state index contributed by atoms with van der Waals surface area (Å²) in [5.74, 6) is 0.209. The van der Waals surface area contributed by atoms with Gasteiger partial charge in [-0.3, -0.25) is 9.69 Å². The molecule has 1 fully saturated rings. The number of carbonyl (C=O) groups is 1. The summed E-state index contributed by atoms with van der Waals surface area (Å²) in [6, 6.07) is 2.12. The van der Waals surface area contributed by atoms with E-state index in [0.29, 0.717) is 11.4 Å². The van der Waals surface area contributed by atoms with E-state index in [4.69, 9.17) is 18.0 Å². The van der Waals surface area contributed by atoms with Gasteiger partial charge in [0.25, 0.3) is 0 Å². The highest BCUT2D eigenvalue weighted by molar-refractivity contribution is 7.80. The fraction of sp³-hybridized carbons (Fsp3) is 0.538. The van der Waals surface area contributed by atoms with Gasteiger partial charge in [-0.25, -0.2) is 0 Å². The van der Waals surface area contributed by atoms with E-state index in [-0.39, 0.29) is 11.9 Å². The van der Waals surface area contributed by atoms with Crippen molar-refractivity contribution in [3.63, 3.8) is 0 Å². The number of piperazine rings is 1. The quantitative estimate of drug-likeness (QED) is 0.846. The molecular formula is C13H19N3OS2. The summed E-state index contributed by atoms with van der Waals surface area (Å²) in [7, 11) is 0. The van der Waals surface area contributed by atoms with Gasteiger partial charge in [-0.15, -0.1) is 0 Å². The second kappa shape index (κ2) is 6.45. The minimum atomic E-state index is 0.115. The fourth-order valence-corrected chi connectivity index (χ4v) is 3.04. The molecule has 2 N–H and O–H groups in total. The number of thiocarbonyl (C=S) groups is 1. The predicted molar refractivity (Wildman–Crippen MR) is 82.4 cm³/mol. The van der Waals surface area contributed by atoms with Gasteiger partial charge in [-0.05, 0) is 29.3 Å². The third-order valence-electron chi connectivity index (χ3n) is 3.56. The first-order valence-corrected chi connectivity index (χ1v) is 7.75. The number of nitrogens with two attached hydrogens (primary N) is 1. The molecule has 1 aromatic heterocycles. The first kappa shape index (κ1) is 14.4. The zero-order valence-electron chi connectivity index (χ0n) is 11.0. The van der Waals surface area contributed by atoms with E-state index >= 15 is 0 Å². The largest absolute Gasteiger partial charge is 0.392 e. The highest BCUT2D eigenvalue weighted by Gasteiger charge is 2.24. The van der Waals surface area contributed by atoms with Crippen molar-refractivity contribution >= 4 is 34.5 Å². The predicted octanol–water partition coefficient (Wildman–Crippen LogP) is 1.11. The summed E-state index contributed by atoms with van der Waals surface area (Å²) >= 11 is 6.64. The number of amides is 1. The molecular weight excluding hydrogens is 278 g/mol. The summed E-state index contributed by atoms with van der Waals surface area (Å²) < 4.78 is 0. The van der Waals surface area contributed by atoms with E-state index in [9.17, 15) is 4.79 Å². The molecule has 1 aliphatic heterocycles. The minimum absolute atomic E-state index is 0.115. The van der Waals surface area contributed by atoms with Crippen LogP contribution in [0.2, 0.25) is 0 Å². The number of thiophene rings is 1. The Balaban J connectivity index is 1.83. The van der Waals surface area contributed by atoms with Crippen LogP contribution in [0.3, 0.4) is 0 Å². The lowest BCUT2D eigenvalue weighted by Crippen LogP contribution is -2.54. The molecule has 2 rings (SSSR count). The minimum Gasteiger partial charge on any atom is -0.392 e. The number of hydrogen-bond acceptors (Lipinski definition) is 4. The molecule has 6 heteroatoms. The molecule has 0 spiro atoms. The number of rotatable bonds is 4. The molecule has 0 bridgehead atoms. The van der Waals surface area contributed by atoms with Crippen LogP contribution in [0.25, 0.3) is 0 Å². The fourth-order valence-electron chi connectivity index (χ4n) is 2.22. The number of carbonyl (C=O) groups excluding carboxylic acids is 1. The van der Waals surface area contributed by atoms with Crippen LogP contribution in [0.1, 0.15) is 12.5 Å². The molecule has 0 radical (unpaired) electrons. The Kier molecular flexibility index (Phi) is 4.90. The maximum absolute atomic E-state index is 12.1. The van der Waals surface area contributed by atoms with Crippen molar-refractivity contribution in [3.8, 4) is 0 Å².